The Morgan fingerprint density at radius 3 is 2.48 bits per heavy atom. The van der Waals surface area contributed by atoms with Gasteiger partial charge in [0.1, 0.15) is 30.4 Å². The molecule has 1 heterocycles. The number of hydrogen-bond donors (Lipinski definition) is 2. The lowest BCUT2D eigenvalue weighted by atomic mass is 10.0. The van der Waals surface area contributed by atoms with E-state index in [1.807, 2.05) is 0 Å². The van der Waals surface area contributed by atoms with E-state index in [2.05, 4.69) is 17.2 Å². The van der Waals surface area contributed by atoms with Gasteiger partial charge in [0.25, 0.3) is 5.91 Å². The number of carbonyl (C=O) groups is 3. The Balaban J connectivity index is 1.52. The van der Waals surface area contributed by atoms with Crippen molar-refractivity contribution in [1.82, 2.24) is 10.2 Å². The highest BCUT2D eigenvalue weighted by Crippen LogP contribution is 2.35. The van der Waals surface area contributed by atoms with E-state index in [0.717, 1.165) is 16.0 Å². The lowest BCUT2D eigenvalue weighted by Crippen LogP contribution is -2.38. The summed E-state index contributed by atoms with van der Waals surface area (Å²) in [5, 5.41) is 5.17. The molecular weight excluding hydrogens is 517 g/mol. The van der Waals surface area contributed by atoms with Crippen LogP contribution in [0.25, 0.3) is 6.08 Å². The summed E-state index contributed by atoms with van der Waals surface area (Å²) in [5.41, 5.74) is 2.48. The molecule has 0 radical (unpaired) electrons. The van der Waals surface area contributed by atoms with Crippen molar-refractivity contribution in [1.29, 1.82) is 0 Å². The molecule has 1 aliphatic heterocycles. The monoisotopic (exact) mass is 545 g/mol. The lowest BCUT2D eigenvalue weighted by molar-refractivity contribution is -0.127. The molecular formula is C30H28FN3O6. The lowest BCUT2D eigenvalue weighted by Gasteiger charge is -2.16. The molecule has 0 saturated carbocycles. The summed E-state index contributed by atoms with van der Waals surface area (Å²) in [6, 6.07) is 15.5. The van der Waals surface area contributed by atoms with Gasteiger partial charge in [0.05, 0.1) is 19.9 Å². The first-order chi connectivity index (χ1) is 19.3. The number of para-hydroxylation sites is 2. The van der Waals surface area contributed by atoms with Crippen LogP contribution in [0.15, 0.2) is 79.0 Å². The normalized spacial score (nSPS) is 13.7. The minimum absolute atomic E-state index is 0.00155. The number of nitrogens with zero attached hydrogens (tertiary/aromatic N) is 1. The van der Waals surface area contributed by atoms with Gasteiger partial charge in [-0.05, 0) is 60.0 Å². The van der Waals surface area contributed by atoms with Crippen LogP contribution in [0.5, 0.6) is 17.2 Å². The van der Waals surface area contributed by atoms with Gasteiger partial charge in [0, 0.05) is 5.56 Å². The predicted molar refractivity (Wildman–Crippen MR) is 147 cm³/mol. The standard InChI is InChI=1S/C30H28FN3O6/c1-4-7-21-14-20(16-26(39-3)28(21)40-18-19-10-12-22(31)13-11-19)15-24-29(36)34(30(37)33-24)17-27(35)32-23-8-5-6-9-25(23)38-2/h4-6,8-16H,1,7,17-18H2,2-3H3,(H,32,35)(H,33,37)/b24-15+. The Bertz CT molecular complexity index is 1470. The molecule has 2 N–H and O–H groups in total. The summed E-state index contributed by atoms with van der Waals surface area (Å²) in [5.74, 6) is -0.227. The molecule has 1 aliphatic rings. The van der Waals surface area contributed by atoms with Gasteiger partial charge in [0.2, 0.25) is 5.91 Å². The van der Waals surface area contributed by atoms with Crippen LogP contribution in [-0.4, -0.2) is 43.5 Å². The zero-order valence-electron chi connectivity index (χ0n) is 22.0. The van der Waals surface area contributed by atoms with E-state index in [1.165, 1.54) is 32.4 Å². The molecule has 0 spiro atoms. The molecule has 4 rings (SSSR count). The Morgan fingerprint density at radius 2 is 1.77 bits per heavy atom. The van der Waals surface area contributed by atoms with E-state index in [1.54, 1.807) is 54.6 Å². The number of carbonyl (C=O) groups excluding carboxylic acids is 3. The van der Waals surface area contributed by atoms with Crippen molar-refractivity contribution >= 4 is 29.6 Å². The fourth-order valence-corrected chi connectivity index (χ4v) is 4.09. The molecule has 3 aromatic carbocycles. The molecule has 0 unspecified atom stereocenters. The van der Waals surface area contributed by atoms with Crippen molar-refractivity contribution in [3.63, 3.8) is 0 Å². The maximum absolute atomic E-state index is 13.2. The van der Waals surface area contributed by atoms with Gasteiger partial charge >= 0.3 is 6.03 Å². The predicted octanol–water partition coefficient (Wildman–Crippen LogP) is 4.68. The number of amides is 4. The topological polar surface area (TPSA) is 106 Å². The zero-order valence-corrected chi connectivity index (χ0v) is 22.0. The number of rotatable bonds is 11. The van der Waals surface area contributed by atoms with Crippen molar-refractivity contribution in [2.75, 3.05) is 26.1 Å². The second-order valence-electron chi connectivity index (χ2n) is 8.75. The molecule has 3 aromatic rings. The van der Waals surface area contributed by atoms with Crippen molar-refractivity contribution in [2.45, 2.75) is 13.0 Å². The summed E-state index contributed by atoms with van der Waals surface area (Å²) in [6.45, 7) is 3.49. The van der Waals surface area contributed by atoms with Crippen LogP contribution in [-0.2, 0) is 22.6 Å². The molecule has 0 aliphatic carbocycles. The number of halogens is 1. The highest BCUT2D eigenvalue weighted by Gasteiger charge is 2.35. The van der Waals surface area contributed by atoms with Crippen LogP contribution in [0.3, 0.4) is 0 Å². The van der Waals surface area contributed by atoms with Gasteiger partial charge in [-0.2, -0.15) is 0 Å². The van der Waals surface area contributed by atoms with Gasteiger partial charge in [-0.25, -0.2) is 14.1 Å². The van der Waals surface area contributed by atoms with Crippen LogP contribution in [0.2, 0.25) is 0 Å². The number of hydrogen-bond acceptors (Lipinski definition) is 6. The summed E-state index contributed by atoms with van der Waals surface area (Å²) in [4.78, 5) is 39.0. The third-order valence-corrected chi connectivity index (χ3v) is 5.99. The molecule has 9 nitrogen and oxygen atoms in total. The first-order valence-corrected chi connectivity index (χ1v) is 12.3. The minimum Gasteiger partial charge on any atom is -0.495 e. The van der Waals surface area contributed by atoms with E-state index in [-0.39, 0.29) is 18.1 Å². The van der Waals surface area contributed by atoms with Crippen LogP contribution in [0, 0.1) is 5.82 Å². The van der Waals surface area contributed by atoms with Gasteiger partial charge in [-0.3, -0.25) is 9.59 Å². The molecule has 0 atom stereocenters. The number of nitrogens with one attached hydrogen (secondary N) is 2. The van der Waals surface area contributed by atoms with E-state index < -0.39 is 24.4 Å². The fourth-order valence-electron chi connectivity index (χ4n) is 4.09. The van der Waals surface area contributed by atoms with Crippen LogP contribution >= 0.6 is 0 Å². The number of ether oxygens (including phenoxy) is 3. The number of urea groups is 1. The van der Waals surface area contributed by atoms with Crippen molar-refractivity contribution in [3.8, 4) is 17.2 Å². The van der Waals surface area contributed by atoms with E-state index >= 15 is 0 Å². The van der Waals surface area contributed by atoms with Gasteiger partial charge in [-0.1, -0.05) is 30.3 Å². The quantitative estimate of drug-likeness (QED) is 0.206. The Hall–Kier alpha value is -5.12. The van der Waals surface area contributed by atoms with Crippen molar-refractivity contribution in [3.05, 3.63) is 102 Å². The molecule has 40 heavy (non-hydrogen) atoms. The fraction of sp³-hybridized carbons (Fsp3) is 0.167. The molecule has 4 amide bonds. The third-order valence-electron chi connectivity index (χ3n) is 5.99. The average Bonchev–Trinajstić information content (AvgIpc) is 3.20. The number of anilines is 1. The van der Waals surface area contributed by atoms with Gasteiger partial charge < -0.3 is 24.8 Å². The molecule has 0 bridgehead atoms. The van der Waals surface area contributed by atoms with Crippen LogP contribution in [0.4, 0.5) is 14.9 Å². The first-order valence-electron chi connectivity index (χ1n) is 12.3. The Labute approximate surface area is 230 Å². The summed E-state index contributed by atoms with van der Waals surface area (Å²) in [6.07, 6.45) is 3.62. The maximum atomic E-state index is 13.2. The third kappa shape index (κ3) is 6.47. The summed E-state index contributed by atoms with van der Waals surface area (Å²) < 4.78 is 30.0. The molecule has 10 heteroatoms. The van der Waals surface area contributed by atoms with Crippen LogP contribution in [0.1, 0.15) is 16.7 Å². The van der Waals surface area contributed by atoms with Crippen LogP contribution < -0.4 is 24.8 Å². The van der Waals surface area contributed by atoms with Crippen molar-refractivity contribution < 1.29 is 33.0 Å². The van der Waals surface area contributed by atoms with Crippen molar-refractivity contribution in [2.24, 2.45) is 0 Å². The molecule has 1 fully saturated rings. The number of imide groups is 1. The zero-order chi connectivity index (χ0) is 28.6. The smallest absolute Gasteiger partial charge is 0.329 e. The first kappa shape index (κ1) is 27.9. The Morgan fingerprint density at radius 1 is 1.05 bits per heavy atom. The molecule has 206 valence electrons. The summed E-state index contributed by atoms with van der Waals surface area (Å²) in [7, 11) is 2.96. The maximum Gasteiger partial charge on any atom is 0.329 e. The van der Waals surface area contributed by atoms with E-state index in [9.17, 15) is 18.8 Å². The highest BCUT2D eigenvalue weighted by atomic mass is 19.1. The largest absolute Gasteiger partial charge is 0.495 e. The number of methoxy groups -OCH3 is 2. The molecule has 0 aromatic heterocycles. The molecule has 1 saturated heterocycles. The van der Waals surface area contributed by atoms with E-state index in [0.29, 0.717) is 34.9 Å². The SMILES string of the molecule is C=CCc1cc(/C=C2/NC(=O)N(CC(=O)Nc3ccccc3OC)C2=O)cc(OC)c1OCc1ccc(F)cc1. The average molecular weight is 546 g/mol. The summed E-state index contributed by atoms with van der Waals surface area (Å²) >= 11 is 0. The number of benzene rings is 3. The Kier molecular flexibility index (Phi) is 8.80. The second-order valence-corrected chi connectivity index (χ2v) is 8.75. The number of allylic oxidation sites excluding steroid dienone is 1. The minimum atomic E-state index is -0.719. The second kappa shape index (κ2) is 12.6. The van der Waals surface area contributed by atoms with Gasteiger partial charge in [0.15, 0.2) is 11.5 Å². The highest BCUT2D eigenvalue weighted by molar-refractivity contribution is 6.16. The van der Waals surface area contributed by atoms with E-state index in [4.69, 9.17) is 14.2 Å². The van der Waals surface area contributed by atoms with Gasteiger partial charge in [-0.15, -0.1) is 6.58 Å².